The average Bonchev–Trinajstić information content (AvgIpc) is 2.37. The monoisotopic (exact) mass is 259 g/mol. The number of nitrogens with one attached hydrogen (secondary N) is 1. The number of carboxylic acids is 1. The van der Waals surface area contributed by atoms with Crippen molar-refractivity contribution in [2.24, 2.45) is 0 Å². The molecule has 0 amide bonds. The summed E-state index contributed by atoms with van der Waals surface area (Å²) in [6.45, 7) is 1.80. The molecule has 0 aliphatic rings. The molecule has 0 aliphatic carbocycles. The smallest absolute Gasteiger partial charge is 0.337 e. The second kappa shape index (κ2) is 5.67. The number of benzene rings is 1. The van der Waals surface area contributed by atoms with E-state index in [9.17, 15) is 4.79 Å². The van der Waals surface area contributed by atoms with Gasteiger partial charge in [-0.15, -0.1) is 0 Å². The van der Waals surface area contributed by atoms with E-state index in [4.69, 9.17) is 5.11 Å². The van der Waals surface area contributed by atoms with E-state index in [-0.39, 0.29) is 5.56 Å². The number of likely N-dealkylation sites (N-methyl/N-ethyl adjacent to an activating group) is 1. The van der Waals surface area contributed by atoms with Crippen molar-refractivity contribution in [1.29, 1.82) is 0 Å². The van der Waals surface area contributed by atoms with Crippen LogP contribution in [0, 0.1) is 0 Å². The third-order valence-electron chi connectivity index (χ3n) is 2.82. The summed E-state index contributed by atoms with van der Waals surface area (Å²) < 4.78 is 0. The topological polar surface area (TPSA) is 65.5 Å². The molecule has 0 spiro atoms. The van der Waals surface area contributed by atoms with Gasteiger partial charge in [0.2, 0.25) is 0 Å². The second-order valence-electron chi connectivity index (χ2n) is 4.67. The lowest BCUT2D eigenvalue weighted by Crippen LogP contribution is -2.20. The Labute approximate surface area is 111 Å². The van der Waals surface area contributed by atoms with Crippen LogP contribution in [0.15, 0.2) is 30.5 Å². The number of rotatable bonds is 5. The highest BCUT2D eigenvalue weighted by atomic mass is 16.4. The summed E-state index contributed by atoms with van der Waals surface area (Å²) in [4.78, 5) is 17.1. The van der Waals surface area contributed by atoms with Gasteiger partial charge < -0.3 is 15.3 Å². The molecule has 100 valence electrons. The molecular formula is C14H17N3O2. The van der Waals surface area contributed by atoms with Crippen LogP contribution in [0.3, 0.4) is 0 Å². The van der Waals surface area contributed by atoms with Crippen LogP contribution < -0.4 is 5.32 Å². The molecule has 0 fully saturated rings. The number of aromatic carboxylic acids is 1. The van der Waals surface area contributed by atoms with E-state index in [1.807, 2.05) is 32.3 Å². The number of pyridine rings is 1. The van der Waals surface area contributed by atoms with E-state index in [1.165, 1.54) is 6.20 Å². The number of carboxylic acid groups (broad SMARTS) is 1. The van der Waals surface area contributed by atoms with Gasteiger partial charge in [-0.05, 0) is 32.3 Å². The molecule has 0 aliphatic heterocycles. The van der Waals surface area contributed by atoms with Gasteiger partial charge in [-0.1, -0.05) is 6.07 Å². The molecule has 0 unspecified atom stereocenters. The van der Waals surface area contributed by atoms with E-state index < -0.39 is 5.97 Å². The maximum Gasteiger partial charge on any atom is 0.337 e. The zero-order chi connectivity index (χ0) is 13.8. The molecular weight excluding hydrogens is 242 g/mol. The number of hydrogen-bond donors (Lipinski definition) is 2. The van der Waals surface area contributed by atoms with Gasteiger partial charge >= 0.3 is 5.97 Å². The van der Waals surface area contributed by atoms with Crippen LogP contribution >= 0.6 is 0 Å². The van der Waals surface area contributed by atoms with E-state index in [2.05, 4.69) is 15.2 Å². The number of fused-ring (bicyclic) bond motifs is 1. The summed E-state index contributed by atoms with van der Waals surface area (Å²) in [6.07, 6.45) is 1.38. The fourth-order valence-electron chi connectivity index (χ4n) is 1.77. The quantitative estimate of drug-likeness (QED) is 0.858. The van der Waals surface area contributed by atoms with Crippen molar-refractivity contribution in [3.05, 3.63) is 36.0 Å². The summed E-state index contributed by atoms with van der Waals surface area (Å²) in [5, 5.41) is 13.0. The van der Waals surface area contributed by atoms with Gasteiger partial charge in [0, 0.05) is 30.4 Å². The summed E-state index contributed by atoms with van der Waals surface area (Å²) >= 11 is 0. The lowest BCUT2D eigenvalue weighted by Gasteiger charge is -2.11. The van der Waals surface area contributed by atoms with E-state index in [0.717, 1.165) is 29.7 Å². The first-order valence-electron chi connectivity index (χ1n) is 6.08. The number of hydrogen-bond acceptors (Lipinski definition) is 4. The zero-order valence-corrected chi connectivity index (χ0v) is 11.1. The van der Waals surface area contributed by atoms with Gasteiger partial charge in [0.05, 0.1) is 11.1 Å². The van der Waals surface area contributed by atoms with Gasteiger partial charge in [0.1, 0.15) is 0 Å². The zero-order valence-electron chi connectivity index (χ0n) is 11.1. The first-order chi connectivity index (χ1) is 9.06. The molecule has 2 rings (SSSR count). The van der Waals surface area contributed by atoms with Gasteiger partial charge in [-0.3, -0.25) is 4.98 Å². The van der Waals surface area contributed by atoms with Crippen LogP contribution in [-0.2, 0) is 0 Å². The fourth-order valence-corrected chi connectivity index (χ4v) is 1.77. The lowest BCUT2D eigenvalue weighted by molar-refractivity contribution is 0.0696. The molecule has 19 heavy (non-hydrogen) atoms. The van der Waals surface area contributed by atoms with Crippen LogP contribution in [0.25, 0.3) is 10.9 Å². The van der Waals surface area contributed by atoms with Crippen LogP contribution in [0.2, 0.25) is 0 Å². The molecule has 1 aromatic carbocycles. The molecule has 0 atom stereocenters. The van der Waals surface area contributed by atoms with Gasteiger partial charge in [-0.2, -0.15) is 0 Å². The van der Waals surface area contributed by atoms with Gasteiger partial charge in [0.15, 0.2) is 0 Å². The highest BCUT2D eigenvalue weighted by Gasteiger charge is 2.05. The third kappa shape index (κ3) is 3.42. The first-order valence-corrected chi connectivity index (χ1v) is 6.08. The predicted molar refractivity (Wildman–Crippen MR) is 75.7 cm³/mol. The third-order valence-corrected chi connectivity index (χ3v) is 2.82. The molecule has 5 heteroatoms. The van der Waals surface area contributed by atoms with Crippen molar-refractivity contribution >= 4 is 22.6 Å². The Hall–Kier alpha value is -2.14. The number of nitrogens with zero attached hydrogens (tertiary/aromatic N) is 2. The van der Waals surface area contributed by atoms with Crippen LogP contribution in [0.1, 0.15) is 10.4 Å². The lowest BCUT2D eigenvalue weighted by atomic mass is 10.1. The van der Waals surface area contributed by atoms with E-state index in [0.29, 0.717) is 0 Å². The predicted octanol–water partition coefficient (Wildman–Crippen LogP) is 1.91. The first kappa shape index (κ1) is 13.3. The fraction of sp³-hybridized carbons (Fsp3) is 0.286. The normalized spacial score (nSPS) is 10.9. The largest absolute Gasteiger partial charge is 0.478 e. The molecule has 1 heterocycles. The summed E-state index contributed by atoms with van der Waals surface area (Å²) in [7, 11) is 4.05. The average molecular weight is 259 g/mol. The molecule has 2 aromatic rings. The van der Waals surface area contributed by atoms with Crippen molar-refractivity contribution in [3.63, 3.8) is 0 Å². The van der Waals surface area contributed by atoms with E-state index in [1.54, 1.807) is 6.07 Å². The summed E-state index contributed by atoms with van der Waals surface area (Å²) in [6, 6.07) is 7.38. The van der Waals surface area contributed by atoms with Gasteiger partial charge in [0.25, 0.3) is 0 Å². The van der Waals surface area contributed by atoms with Crippen molar-refractivity contribution in [2.45, 2.75) is 0 Å². The highest BCUT2D eigenvalue weighted by molar-refractivity contribution is 5.93. The summed E-state index contributed by atoms with van der Waals surface area (Å²) in [5.41, 5.74) is 1.99. The SMILES string of the molecule is CN(C)CCNc1ccc2cc(C(=O)O)cnc2c1. The Kier molecular flexibility index (Phi) is 3.97. The molecule has 0 bridgehead atoms. The minimum Gasteiger partial charge on any atom is -0.478 e. The molecule has 2 N–H and O–H groups in total. The molecule has 0 radical (unpaired) electrons. The Bertz CT molecular complexity index is 596. The minimum absolute atomic E-state index is 0.209. The Morgan fingerprint density at radius 1 is 1.37 bits per heavy atom. The van der Waals surface area contributed by atoms with Crippen molar-refractivity contribution < 1.29 is 9.90 Å². The van der Waals surface area contributed by atoms with Crippen molar-refractivity contribution in [2.75, 3.05) is 32.5 Å². The standard InChI is InChI=1S/C14H17N3O2/c1-17(2)6-5-15-12-4-3-10-7-11(14(18)19)9-16-13(10)8-12/h3-4,7-9,15H,5-6H2,1-2H3,(H,18,19). The molecule has 0 saturated heterocycles. The Morgan fingerprint density at radius 2 is 2.16 bits per heavy atom. The van der Waals surface area contributed by atoms with Gasteiger partial charge in [-0.25, -0.2) is 4.79 Å². The minimum atomic E-state index is -0.956. The Balaban J connectivity index is 2.17. The molecule has 1 aromatic heterocycles. The van der Waals surface area contributed by atoms with E-state index >= 15 is 0 Å². The second-order valence-corrected chi connectivity index (χ2v) is 4.67. The summed E-state index contributed by atoms with van der Waals surface area (Å²) in [5.74, 6) is -0.956. The van der Waals surface area contributed by atoms with Crippen LogP contribution in [0.5, 0.6) is 0 Å². The highest BCUT2D eigenvalue weighted by Crippen LogP contribution is 2.18. The number of carbonyl (C=O) groups is 1. The number of aromatic nitrogens is 1. The van der Waals surface area contributed by atoms with Crippen molar-refractivity contribution in [3.8, 4) is 0 Å². The maximum atomic E-state index is 10.9. The molecule has 0 saturated carbocycles. The van der Waals surface area contributed by atoms with Crippen molar-refractivity contribution in [1.82, 2.24) is 9.88 Å². The number of anilines is 1. The molecule has 5 nitrogen and oxygen atoms in total. The maximum absolute atomic E-state index is 10.9. The van der Waals surface area contributed by atoms with Crippen LogP contribution in [0.4, 0.5) is 5.69 Å². The Morgan fingerprint density at radius 3 is 2.84 bits per heavy atom. The van der Waals surface area contributed by atoms with Crippen LogP contribution in [-0.4, -0.2) is 48.1 Å².